The van der Waals surface area contributed by atoms with Crippen molar-refractivity contribution in [2.24, 2.45) is 11.5 Å². The number of nitrogens with two attached hydrogens (primary N) is 2. The van der Waals surface area contributed by atoms with E-state index in [-0.39, 0.29) is 17.6 Å². The fourth-order valence-electron chi connectivity index (χ4n) is 2.16. The number of hydrogen-bond donors (Lipinski definition) is 3. The van der Waals surface area contributed by atoms with Gasteiger partial charge in [0.05, 0.1) is 21.2 Å². The molecule has 6 nitrogen and oxygen atoms in total. The van der Waals surface area contributed by atoms with Crippen molar-refractivity contribution in [1.29, 1.82) is 0 Å². The van der Waals surface area contributed by atoms with Crippen LogP contribution in [0.1, 0.15) is 31.4 Å². The molecule has 8 heteroatoms. The van der Waals surface area contributed by atoms with E-state index in [1.54, 1.807) is 0 Å². The zero-order valence-corrected chi connectivity index (χ0v) is 12.9. The molecule has 0 aliphatic heterocycles. The number of nitrogens with one attached hydrogen (secondary N) is 1. The first kappa shape index (κ1) is 15.3. The second-order valence-electron chi connectivity index (χ2n) is 4.96. The summed E-state index contributed by atoms with van der Waals surface area (Å²) in [7, 11) is 0. The van der Waals surface area contributed by atoms with Crippen LogP contribution in [-0.4, -0.2) is 28.1 Å². The van der Waals surface area contributed by atoms with Crippen LogP contribution in [0.3, 0.4) is 0 Å². The summed E-state index contributed by atoms with van der Waals surface area (Å²) in [4.78, 5) is 27.2. The van der Waals surface area contributed by atoms with Crippen LogP contribution in [0.4, 0.5) is 5.13 Å². The van der Waals surface area contributed by atoms with Crippen molar-refractivity contribution in [3.8, 4) is 0 Å². The summed E-state index contributed by atoms with van der Waals surface area (Å²) < 4.78 is 0.886. The second-order valence-corrected chi connectivity index (χ2v) is 7.21. The zero-order valence-electron chi connectivity index (χ0n) is 11.3. The number of primary amides is 1. The van der Waals surface area contributed by atoms with Gasteiger partial charge in [0, 0.05) is 0 Å². The summed E-state index contributed by atoms with van der Waals surface area (Å²) in [6, 6.07) is 0. The molecular weight excluding hydrogens is 296 g/mol. The standard InChI is InChI=1S/C12H18N4O2S2/c1-7-9(19-6-8(13)17)20-11(15-7)16-10(18)12(14)4-2-3-5-12/h2-6,14H2,1H3,(H2,13,17)(H,15,16,18). The number of amides is 2. The summed E-state index contributed by atoms with van der Waals surface area (Å²) in [5.74, 6) is -0.340. The maximum Gasteiger partial charge on any atom is 0.246 e. The molecule has 2 amide bonds. The monoisotopic (exact) mass is 314 g/mol. The van der Waals surface area contributed by atoms with Gasteiger partial charge in [0.2, 0.25) is 11.8 Å². The molecule has 1 fully saturated rings. The number of thioether (sulfide) groups is 1. The van der Waals surface area contributed by atoms with Crippen LogP contribution < -0.4 is 16.8 Å². The number of carbonyl (C=O) groups excluding carboxylic acids is 2. The lowest BCUT2D eigenvalue weighted by molar-refractivity contribution is -0.121. The Labute approximate surface area is 125 Å². The zero-order chi connectivity index (χ0) is 14.8. The molecule has 0 bridgehead atoms. The van der Waals surface area contributed by atoms with Crippen LogP contribution in [0.15, 0.2) is 4.21 Å². The molecule has 1 aliphatic carbocycles. The highest BCUT2D eigenvalue weighted by Crippen LogP contribution is 2.33. The molecule has 5 N–H and O–H groups in total. The van der Waals surface area contributed by atoms with Crippen LogP contribution >= 0.6 is 23.1 Å². The van der Waals surface area contributed by atoms with Crippen molar-refractivity contribution in [3.05, 3.63) is 5.69 Å². The Morgan fingerprint density at radius 1 is 1.45 bits per heavy atom. The molecule has 1 heterocycles. The Hall–Kier alpha value is -1.12. The molecule has 1 aliphatic rings. The van der Waals surface area contributed by atoms with E-state index in [0.29, 0.717) is 18.0 Å². The summed E-state index contributed by atoms with van der Waals surface area (Å²) in [5.41, 5.74) is 11.2. The number of rotatable bonds is 5. The topological polar surface area (TPSA) is 111 Å². The molecule has 0 aromatic carbocycles. The van der Waals surface area contributed by atoms with Crippen LogP contribution in [0.5, 0.6) is 0 Å². The average molecular weight is 314 g/mol. The van der Waals surface area contributed by atoms with E-state index in [1.807, 2.05) is 6.92 Å². The molecule has 0 atom stereocenters. The minimum atomic E-state index is -0.764. The fraction of sp³-hybridized carbons (Fsp3) is 0.583. The second kappa shape index (κ2) is 6.11. The first-order valence-corrected chi connectivity index (χ1v) is 8.20. The summed E-state index contributed by atoms with van der Waals surface area (Å²) >= 11 is 2.68. The van der Waals surface area contributed by atoms with Crippen LogP contribution in [0, 0.1) is 6.92 Å². The van der Waals surface area contributed by atoms with Crippen LogP contribution in [0.2, 0.25) is 0 Å². The van der Waals surface area contributed by atoms with Crippen molar-refractivity contribution < 1.29 is 9.59 Å². The summed E-state index contributed by atoms with van der Waals surface area (Å²) in [6.45, 7) is 1.84. The molecule has 1 aromatic rings. The Kier molecular flexibility index (Phi) is 4.66. The molecule has 0 saturated heterocycles. The van der Waals surface area contributed by atoms with E-state index in [4.69, 9.17) is 11.5 Å². The minimum absolute atomic E-state index is 0.171. The third kappa shape index (κ3) is 3.50. The number of nitrogens with zero attached hydrogens (tertiary/aromatic N) is 1. The minimum Gasteiger partial charge on any atom is -0.369 e. The molecule has 20 heavy (non-hydrogen) atoms. The predicted molar refractivity (Wildman–Crippen MR) is 80.8 cm³/mol. The van der Waals surface area contributed by atoms with Gasteiger partial charge < -0.3 is 16.8 Å². The number of thiazole rings is 1. The van der Waals surface area contributed by atoms with Gasteiger partial charge in [0.1, 0.15) is 0 Å². The van der Waals surface area contributed by atoms with Crippen LogP contribution in [-0.2, 0) is 9.59 Å². The van der Waals surface area contributed by atoms with E-state index < -0.39 is 5.54 Å². The number of carbonyl (C=O) groups is 2. The van der Waals surface area contributed by atoms with E-state index in [0.717, 1.165) is 22.7 Å². The SMILES string of the molecule is Cc1nc(NC(=O)C2(N)CCCC2)sc1SCC(N)=O. The van der Waals surface area contributed by atoms with Gasteiger partial charge in [-0.2, -0.15) is 0 Å². The first-order valence-electron chi connectivity index (χ1n) is 6.39. The highest BCUT2D eigenvalue weighted by atomic mass is 32.2. The maximum absolute atomic E-state index is 12.2. The molecular formula is C12H18N4O2S2. The van der Waals surface area contributed by atoms with Gasteiger partial charge in [-0.05, 0) is 19.8 Å². The van der Waals surface area contributed by atoms with E-state index in [9.17, 15) is 9.59 Å². The largest absolute Gasteiger partial charge is 0.369 e. The number of anilines is 1. The lowest BCUT2D eigenvalue weighted by Crippen LogP contribution is -2.48. The number of aromatic nitrogens is 1. The molecule has 1 aromatic heterocycles. The highest BCUT2D eigenvalue weighted by molar-refractivity contribution is 8.01. The average Bonchev–Trinajstić information content (AvgIpc) is 2.94. The highest BCUT2D eigenvalue weighted by Gasteiger charge is 2.37. The lowest BCUT2D eigenvalue weighted by atomic mass is 9.98. The van der Waals surface area contributed by atoms with Gasteiger partial charge >= 0.3 is 0 Å². The molecule has 2 rings (SSSR count). The third-order valence-electron chi connectivity index (χ3n) is 3.27. The first-order chi connectivity index (χ1) is 9.40. The maximum atomic E-state index is 12.2. The molecule has 110 valence electrons. The number of hydrogen-bond acceptors (Lipinski definition) is 6. The van der Waals surface area contributed by atoms with Crippen molar-refractivity contribution >= 4 is 40.0 Å². The van der Waals surface area contributed by atoms with Crippen molar-refractivity contribution in [3.63, 3.8) is 0 Å². The third-order valence-corrected chi connectivity index (χ3v) is 5.73. The quantitative estimate of drug-likeness (QED) is 0.708. The smallest absolute Gasteiger partial charge is 0.246 e. The summed E-state index contributed by atoms with van der Waals surface area (Å²) in [5, 5.41) is 3.31. The van der Waals surface area contributed by atoms with Crippen molar-refractivity contribution in [2.75, 3.05) is 11.1 Å². The molecule has 0 spiro atoms. The Bertz CT molecular complexity index is 524. The van der Waals surface area contributed by atoms with Gasteiger partial charge in [-0.25, -0.2) is 4.98 Å². The molecule has 0 unspecified atom stereocenters. The Morgan fingerprint density at radius 3 is 2.70 bits per heavy atom. The predicted octanol–water partition coefficient (Wildman–Crippen LogP) is 1.24. The van der Waals surface area contributed by atoms with Crippen molar-refractivity contribution in [2.45, 2.75) is 42.4 Å². The van der Waals surface area contributed by atoms with E-state index in [2.05, 4.69) is 10.3 Å². The normalized spacial score (nSPS) is 17.1. The van der Waals surface area contributed by atoms with Gasteiger partial charge in [0.15, 0.2) is 5.13 Å². The molecule has 1 saturated carbocycles. The molecule has 0 radical (unpaired) electrons. The van der Waals surface area contributed by atoms with Gasteiger partial charge in [-0.3, -0.25) is 9.59 Å². The lowest BCUT2D eigenvalue weighted by Gasteiger charge is -2.21. The number of aryl methyl sites for hydroxylation is 1. The Morgan fingerprint density at radius 2 is 2.10 bits per heavy atom. The van der Waals surface area contributed by atoms with Crippen LogP contribution in [0.25, 0.3) is 0 Å². The Balaban J connectivity index is 2.01. The van der Waals surface area contributed by atoms with Gasteiger partial charge in [-0.1, -0.05) is 24.2 Å². The van der Waals surface area contributed by atoms with Gasteiger partial charge in [-0.15, -0.1) is 11.8 Å². The van der Waals surface area contributed by atoms with Crippen molar-refractivity contribution in [1.82, 2.24) is 4.98 Å². The van der Waals surface area contributed by atoms with Gasteiger partial charge in [0.25, 0.3) is 0 Å². The fourth-order valence-corrected chi connectivity index (χ4v) is 4.03. The van der Waals surface area contributed by atoms with E-state index in [1.165, 1.54) is 23.1 Å². The van der Waals surface area contributed by atoms with E-state index >= 15 is 0 Å². The summed E-state index contributed by atoms with van der Waals surface area (Å²) in [6.07, 6.45) is 3.40.